The van der Waals surface area contributed by atoms with Crippen LogP contribution in [0.25, 0.3) is 0 Å². The highest BCUT2D eigenvalue weighted by molar-refractivity contribution is 5.98. The van der Waals surface area contributed by atoms with E-state index in [2.05, 4.69) is 11.4 Å². The van der Waals surface area contributed by atoms with E-state index in [1.807, 2.05) is 45.0 Å². The quantitative estimate of drug-likeness (QED) is 0.771. The van der Waals surface area contributed by atoms with Crippen LogP contribution in [0.4, 0.5) is 5.69 Å². The average Bonchev–Trinajstić information content (AvgIpc) is 2.71. The monoisotopic (exact) mass is 422 g/mol. The molecule has 163 valence electrons. The van der Waals surface area contributed by atoms with Crippen LogP contribution < -0.4 is 20.7 Å². The Morgan fingerprint density at radius 2 is 1.81 bits per heavy atom. The molecule has 0 aromatic heterocycles. The Labute approximate surface area is 182 Å². The maximum absolute atomic E-state index is 12.8. The van der Waals surface area contributed by atoms with E-state index >= 15 is 0 Å². The lowest BCUT2D eigenvalue weighted by Gasteiger charge is -2.55. The molecule has 0 fully saturated rings. The third-order valence-electron chi connectivity index (χ3n) is 6.20. The lowest BCUT2D eigenvalue weighted by molar-refractivity contribution is -0.127. The Kier molecular flexibility index (Phi) is 5.81. The van der Waals surface area contributed by atoms with E-state index in [4.69, 9.17) is 10.5 Å². The van der Waals surface area contributed by atoms with Crippen molar-refractivity contribution in [3.8, 4) is 5.75 Å². The van der Waals surface area contributed by atoms with Crippen molar-refractivity contribution in [2.45, 2.75) is 38.6 Å². The first-order valence-electron chi connectivity index (χ1n) is 10.1. The van der Waals surface area contributed by atoms with Crippen LogP contribution in [0.3, 0.4) is 0 Å². The lowest BCUT2D eigenvalue weighted by atomic mass is 9.57. The fourth-order valence-electron chi connectivity index (χ4n) is 4.98. The number of carbonyl (C=O) groups excluding carboxylic acids is 3. The second-order valence-electron chi connectivity index (χ2n) is 8.48. The van der Waals surface area contributed by atoms with Crippen LogP contribution in [0, 0.1) is 12.0 Å². The molecule has 7 nitrogen and oxygen atoms in total. The second kappa shape index (κ2) is 8.06. The first kappa shape index (κ1) is 22.3. The zero-order chi connectivity index (χ0) is 23.0. The number of amides is 3. The summed E-state index contributed by atoms with van der Waals surface area (Å²) in [5.74, 6) is -1.05. The number of hydrogen-bond donors (Lipinski definition) is 2. The average molecular weight is 423 g/mol. The number of nitrogens with one attached hydrogen (secondary N) is 1. The second-order valence-corrected chi connectivity index (χ2v) is 8.48. The third-order valence-corrected chi connectivity index (χ3v) is 6.20. The Bertz CT molecular complexity index is 1020. The molecule has 0 saturated heterocycles. The first-order valence-corrected chi connectivity index (χ1v) is 10.1. The van der Waals surface area contributed by atoms with Gasteiger partial charge < -0.3 is 20.7 Å². The van der Waals surface area contributed by atoms with E-state index in [-0.39, 0.29) is 18.4 Å². The number of anilines is 1. The summed E-state index contributed by atoms with van der Waals surface area (Å²) in [7, 11) is 1.54. The van der Waals surface area contributed by atoms with E-state index in [9.17, 15) is 14.4 Å². The van der Waals surface area contributed by atoms with Gasteiger partial charge in [0.1, 0.15) is 5.75 Å². The minimum absolute atomic E-state index is 0.0879. The molecular formula is C24H28N3O4. The van der Waals surface area contributed by atoms with Crippen LogP contribution in [0.5, 0.6) is 5.75 Å². The molecule has 3 amide bonds. The molecule has 1 radical (unpaired) electrons. The minimum atomic E-state index is -0.866. The van der Waals surface area contributed by atoms with Gasteiger partial charge in [-0.15, -0.1) is 0 Å². The highest BCUT2D eigenvalue weighted by Crippen LogP contribution is 2.54. The van der Waals surface area contributed by atoms with Crippen LogP contribution in [0.2, 0.25) is 0 Å². The number of carbonyl (C=O) groups is 3. The Morgan fingerprint density at radius 3 is 2.35 bits per heavy atom. The summed E-state index contributed by atoms with van der Waals surface area (Å²) in [4.78, 5) is 38.5. The number of rotatable bonds is 5. The maximum Gasteiger partial charge on any atom is 0.257 e. The summed E-state index contributed by atoms with van der Waals surface area (Å²) in [6, 6.07) is 15.7. The Hall–Kier alpha value is -3.35. The van der Waals surface area contributed by atoms with Crippen molar-refractivity contribution < 1.29 is 19.1 Å². The van der Waals surface area contributed by atoms with Crippen LogP contribution in [-0.2, 0) is 19.8 Å². The molecule has 31 heavy (non-hydrogen) atoms. The van der Waals surface area contributed by atoms with Crippen molar-refractivity contribution in [2.24, 2.45) is 11.7 Å². The highest BCUT2D eigenvalue weighted by Gasteiger charge is 2.57. The Morgan fingerprint density at radius 1 is 1.16 bits per heavy atom. The molecular weight excluding hydrogens is 394 g/mol. The number of likely N-dealkylation sites (N-methyl/N-ethyl adjacent to an activating group) is 1. The van der Waals surface area contributed by atoms with Crippen molar-refractivity contribution in [1.29, 1.82) is 0 Å². The van der Waals surface area contributed by atoms with E-state index in [1.165, 1.54) is 6.92 Å². The van der Waals surface area contributed by atoms with Gasteiger partial charge in [0.05, 0.1) is 11.5 Å². The van der Waals surface area contributed by atoms with Crippen molar-refractivity contribution in [3.05, 3.63) is 59.7 Å². The number of nitrogens with two attached hydrogens (primary N) is 1. The molecule has 1 aliphatic heterocycles. The van der Waals surface area contributed by atoms with E-state index in [0.29, 0.717) is 5.75 Å². The van der Waals surface area contributed by atoms with Crippen LogP contribution in [0.1, 0.15) is 38.8 Å². The molecule has 0 bridgehead atoms. The summed E-state index contributed by atoms with van der Waals surface area (Å²) in [5.41, 5.74) is 6.65. The zero-order valence-electron chi connectivity index (χ0n) is 18.5. The number of ether oxygens (including phenoxy) is 1. The molecule has 0 saturated carbocycles. The summed E-state index contributed by atoms with van der Waals surface area (Å²) < 4.78 is 5.50. The number of nitrogens with zero attached hydrogens (tertiary/aromatic N) is 1. The van der Waals surface area contributed by atoms with Crippen LogP contribution >= 0.6 is 0 Å². The SMILES string of the molecule is CNC(=O)COc1ccc(C2(C)c3c[c]ccc3N(C(C)=O)C(C)(C)C2C(N)=O)cc1. The molecule has 2 aromatic carbocycles. The Balaban J connectivity index is 2.16. The molecule has 3 rings (SSSR count). The maximum atomic E-state index is 12.8. The number of fused-ring (bicyclic) bond motifs is 1. The zero-order valence-corrected chi connectivity index (χ0v) is 18.5. The number of primary amides is 1. The summed E-state index contributed by atoms with van der Waals surface area (Å²) >= 11 is 0. The molecule has 0 spiro atoms. The lowest BCUT2D eigenvalue weighted by Crippen LogP contribution is -2.65. The number of hydrogen-bond acceptors (Lipinski definition) is 4. The molecule has 7 heteroatoms. The van der Waals surface area contributed by atoms with Gasteiger partial charge in [0.25, 0.3) is 5.91 Å². The molecule has 3 N–H and O–H groups in total. The van der Waals surface area contributed by atoms with Crippen molar-refractivity contribution in [2.75, 3.05) is 18.6 Å². The normalized spacial score (nSPS) is 21.7. The van der Waals surface area contributed by atoms with Crippen LogP contribution in [-0.4, -0.2) is 36.9 Å². The van der Waals surface area contributed by atoms with Gasteiger partial charge in [-0.3, -0.25) is 14.4 Å². The van der Waals surface area contributed by atoms with Crippen molar-refractivity contribution in [1.82, 2.24) is 5.32 Å². The first-order chi connectivity index (χ1) is 14.5. The van der Waals surface area contributed by atoms with Gasteiger partial charge >= 0.3 is 0 Å². The molecule has 2 unspecified atom stereocenters. The molecule has 1 heterocycles. The summed E-state index contributed by atoms with van der Waals surface area (Å²) in [6.07, 6.45) is 0. The van der Waals surface area contributed by atoms with E-state index in [1.54, 1.807) is 30.1 Å². The summed E-state index contributed by atoms with van der Waals surface area (Å²) in [6.45, 7) is 7.09. The van der Waals surface area contributed by atoms with Gasteiger partial charge in [-0.2, -0.15) is 0 Å². The molecule has 0 aliphatic carbocycles. The highest BCUT2D eigenvalue weighted by atomic mass is 16.5. The fourth-order valence-corrected chi connectivity index (χ4v) is 4.98. The third kappa shape index (κ3) is 3.65. The predicted molar refractivity (Wildman–Crippen MR) is 118 cm³/mol. The topological polar surface area (TPSA) is 102 Å². The minimum Gasteiger partial charge on any atom is -0.484 e. The van der Waals surface area contributed by atoms with Gasteiger partial charge in [-0.1, -0.05) is 25.1 Å². The van der Waals surface area contributed by atoms with Gasteiger partial charge in [0, 0.05) is 25.1 Å². The smallest absolute Gasteiger partial charge is 0.257 e. The van der Waals surface area contributed by atoms with E-state index in [0.717, 1.165) is 16.8 Å². The summed E-state index contributed by atoms with van der Waals surface area (Å²) in [5, 5.41) is 2.50. The standard InChI is InChI=1S/C24H28N3O4/c1-15(28)27-19-9-7-6-8-18(19)24(4,21(22(25)30)23(27,2)3)16-10-12-17(13-11-16)31-14-20(29)26-5/h7-13,21H,14H2,1-5H3,(H2,25,30)(H,26,29). The fraction of sp³-hybridized carbons (Fsp3) is 0.375. The molecule has 2 atom stereocenters. The van der Waals surface area contributed by atoms with Crippen molar-refractivity contribution >= 4 is 23.4 Å². The van der Waals surface area contributed by atoms with Crippen LogP contribution in [0.15, 0.2) is 42.5 Å². The number of benzene rings is 2. The molecule has 1 aliphatic rings. The van der Waals surface area contributed by atoms with Crippen molar-refractivity contribution in [3.63, 3.8) is 0 Å². The van der Waals surface area contributed by atoms with Gasteiger partial charge in [-0.05, 0) is 55.3 Å². The van der Waals surface area contributed by atoms with Gasteiger partial charge in [0.2, 0.25) is 11.8 Å². The van der Waals surface area contributed by atoms with Gasteiger partial charge in [-0.25, -0.2) is 0 Å². The van der Waals surface area contributed by atoms with E-state index < -0.39 is 22.8 Å². The molecule has 2 aromatic rings. The van der Waals surface area contributed by atoms with Gasteiger partial charge in [0.15, 0.2) is 6.61 Å². The predicted octanol–water partition coefficient (Wildman–Crippen LogP) is 2.16. The largest absolute Gasteiger partial charge is 0.484 e.